The van der Waals surface area contributed by atoms with Gasteiger partial charge in [0.05, 0.1) is 38.6 Å². The van der Waals surface area contributed by atoms with Crippen molar-refractivity contribution in [1.82, 2.24) is 5.32 Å². The molecule has 0 bridgehead atoms. The van der Waals surface area contributed by atoms with E-state index in [1.807, 2.05) is 6.08 Å². The van der Waals surface area contributed by atoms with Crippen molar-refractivity contribution in [3.05, 3.63) is 97.2 Å². The first-order chi connectivity index (χ1) is 47.3. The van der Waals surface area contributed by atoms with Gasteiger partial charge in [-0.3, -0.25) is 4.79 Å². The molecule has 3 saturated heterocycles. The van der Waals surface area contributed by atoms with Crippen LogP contribution in [0.1, 0.15) is 258 Å². The predicted octanol–water partition coefficient (Wildman–Crippen LogP) is 11.6. The zero-order valence-corrected chi connectivity index (χ0v) is 59.5. The Morgan fingerprint density at radius 1 is 0.381 bits per heavy atom. The first-order valence-electron chi connectivity index (χ1n) is 38.0. The van der Waals surface area contributed by atoms with E-state index < -0.39 is 124 Å². The van der Waals surface area contributed by atoms with Crippen molar-refractivity contribution in [2.24, 2.45) is 0 Å². The smallest absolute Gasteiger partial charge is 0.220 e. The quantitative estimate of drug-likeness (QED) is 0.0199. The van der Waals surface area contributed by atoms with Crippen LogP contribution in [0.3, 0.4) is 0 Å². The molecule has 0 aliphatic carbocycles. The average Bonchev–Trinajstić information content (AvgIpc) is 0.826. The molecule has 17 atom stereocenters. The Hall–Kier alpha value is -3.29. The fourth-order valence-corrected chi connectivity index (χ4v) is 12.3. The van der Waals surface area contributed by atoms with Crippen LogP contribution in [0.2, 0.25) is 0 Å². The Kier molecular flexibility index (Phi) is 52.8. The number of allylic oxidation sites excluding steroid dienone is 15. The average molecular weight is 1370 g/mol. The summed E-state index contributed by atoms with van der Waals surface area (Å²) in [6.45, 7) is 1.59. The second kappa shape index (κ2) is 58.2. The SMILES string of the molecule is CC/C=C\C/C=C\C/C=C\C/C=C\C/C=C\C/C=C\CCCCCCC(=O)NC(COC1OC(CO)C(OC2OC(CO)C(OC3OC(CO)C(O)C(O)C3O)C(O)C2O)C(O)C1O)C(O)/C=C/CC/C=C/CCCCCCCCCCCCCCCCCCCCCCCCC. The van der Waals surface area contributed by atoms with Crippen LogP contribution in [0.4, 0.5) is 0 Å². The van der Waals surface area contributed by atoms with Gasteiger partial charge >= 0.3 is 0 Å². The van der Waals surface area contributed by atoms with Crippen molar-refractivity contribution in [1.29, 1.82) is 0 Å². The van der Waals surface area contributed by atoms with E-state index in [1.54, 1.807) is 6.08 Å². The number of aliphatic hydroxyl groups excluding tert-OH is 11. The van der Waals surface area contributed by atoms with Crippen LogP contribution in [0.25, 0.3) is 0 Å². The van der Waals surface area contributed by atoms with Crippen LogP contribution in [-0.4, -0.2) is 193 Å². The summed E-state index contributed by atoms with van der Waals surface area (Å²) in [6, 6.07) is -1.01. The summed E-state index contributed by atoms with van der Waals surface area (Å²) in [5, 5.41) is 121. The number of hydrogen-bond acceptors (Lipinski definition) is 18. The molecule has 0 spiro atoms. The first kappa shape index (κ1) is 87.9. The van der Waals surface area contributed by atoms with Gasteiger partial charge in [0.2, 0.25) is 5.91 Å². The minimum atomic E-state index is -1.99. The number of rotatable bonds is 58. The second-order valence-corrected chi connectivity index (χ2v) is 26.7. The van der Waals surface area contributed by atoms with Crippen molar-refractivity contribution >= 4 is 5.91 Å². The van der Waals surface area contributed by atoms with Gasteiger partial charge < -0.3 is 89.9 Å². The van der Waals surface area contributed by atoms with Crippen LogP contribution in [-0.2, 0) is 33.2 Å². The minimum Gasteiger partial charge on any atom is -0.394 e. The highest BCUT2D eigenvalue weighted by molar-refractivity contribution is 5.76. The second-order valence-electron chi connectivity index (χ2n) is 26.7. The molecule has 97 heavy (non-hydrogen) atoms. The minimum absolute atomic E-state index is 0.200. The van der Waals surface area contributed by atoms with E-state index in [9.17, 15) is 61.0 Å². The Morgan fingerprint density at radius 3 is 1.15 bits per heavy atom. The molecular formula is C78H135NO18. The van der Waals surface area contributed by atoms with Gasteiger partial charge in [-0.05, 0) is 83.5 Å². The van der Waals surface area contributed by atoms with E-state index in [1.165, 1.54) is 141 Å². The number of aliphatic hydroxyl groups is 11. The number of ether oxygens (including phenoxy) is 6. The maximum absolute atomic E-state index is 13.4. The topological polar surface area (TPSA) is 307 Å². The molecule has 3 heterocycles. The summed E-state index contributed by atoms with van der Waals surface area (Å²) in [6.07, 6.45) is 51.1. The summed E-state index contributed by atoms with van der Waals surface area (Å²) >= 11 is 0. The summed E-state index contributed by atoms with van der Waals surface area (Å²) in [7, 11) is 0. The standard InChI is InChI=1S/C78H135NO18/c1-3-5-7-9-11-13-15-17-19-21-23-25-27-28-29-30-31-32-34-35-37-39-41-43-45-47-49-51-53-55-62(83)61(79-66(84)56-54-52-50-48-46-44-42-40-38-36-33-26-24-22-20-18-16-14-12-10-8-6-4-2)60-92-76-72(90)69(87)74(64(58-81)94-76)97-78-73(91)70(88)75(65(59-82)95-78)96-77-71(89)68(86)67(85)63(57-80)93-77/h6,8,12,14,18,20,24,26,36,38,42,44-45,47,53,55,61-65,67-78,80-83,85-91H,3-5,7,9-11,13,15-17,19,21-23,25,27-35,37,39-41,43,46,48-52,54,56-60H2,1-2H3,(H,79,84)/b8-6-,14-12-,20-18-,26-24-,38-36-,44-42-,47-45+,55-53+. The van der Waals surface area contributed by atoms with Crippen molar-refractivity contribution in [2.75, 3.05) is 26.4 Å². The van der Waals surface area contributed by atoms with Gasteiger partial charge in [0, 0.05) is 6.42 Å². The lowest BCUT2D eigenvalue weighted by molar-refractivity contribution is -0.379. The number of amides is 1. The number of hydrogen-bond donors (Lipinski definition) is 12. The molecule has 19 heteroatoms. The molecule has 12 N–H and O–H groups in total. The zero-order chi connectivity index (χ0) is 70.4. The summed E-state index contributed by atoms with van der Waals surface area (Å²) in [5.41, 5.74) is 0. The van der Waals surface area contributed by atoms with Gasteiger partial charge in [-0.2, -0.15) is 0 Å². The number of carbonyl (C=O) groups is 1. The van der Waals surface area contributed by atoms with Gasteiger partial charge in [-0.15, -0.1) is 0 Å². The molecule has 17 unspecified atom stereocenters. The van der Waals surface area contributed by atoms with Crippen LogP contribution in [0, 0.1) is 0 Å². The molecule has 0 saturated carbocycles. The predicted molar refractivity (Wildman–Crippen MR) is 383 cm³/mol. The van der Waals surface area contributed by atoms with E-state index >= 15 is 0 Å². The normalized spacial score (nSPS) is 27.5. The third kappa shape index (κ3) is 39.1. The highest BCUT2D eigenvalue weighted by atomic mass is 16.8. The molecule has 560 valence electrons. The largest absolute Gasteiger partial charge is 0.394 e. The fourth-order valence-electron chi connectivity index (χ4n) is 12.3. The molecule has 0 aromatic carbocycles. The van der Waals surface area contributed by atoms with Gasteiger partial charge in [0.25, 0.3) is 0 Å². The molecular weight excluding hydrogens is 1240 g/mol. The van der Waals surface area contributed by atoms with E-state index in [0.29, 0.717) is 12.8 Å². The third-order valence-corrected chi connectivity index (χ3v) is 18.4. The summed E-state index contributed by atoms with van der Waals surface area (Å²) in [5.74, 6) is -0.311. The molecule has 3 fully saturated rings. The van der Waals surface area contributed by atoms with Crippen molar-refractivity contribution in [3.8, 4) is 0 Å². The van der Waals surface area contributed by atoms with Gasteiger partial charge in [-0.1, -0.05) is 265 Å². The Bertz CT molecular complexity index is 2130. The Morgan fingerprint density at radius 2 is 0.722 bits per heavy atom. The van der Waals surface area contributed by atoms with E-state index in [0.717, 1.165) is 83.5 Å². The van der Waals surface area contributed by atoms with Gasteiger partial charge in [0.1, 0.15) is 73.2 Å². The molecule has 3 rings (SSSR count). The van der Waals surface area contributed by atoms with Crippen molar-refractivity contribution in [2.45, 2.75) is 362 Å². The van der Waals surface area contributed by atoms with E-state index in [4.69, 9.17) is 28.4 Å². The van der Waals surface area contributed by atoms with E-state index in [-0.39, 0.29) is 18.9 Å². The molecule has 0 aromatic heterocycles. The maximum Gasteiger partial charge on any atom is 0.220 e. The molecule has 1 amide bonds. The molecule has 19 nitrogen and oxygen atoms in total. The van der Waals surface area contributed by atoms with E-state index in [2.05, 4.69) is 104 Å². The lowest BCUT2D eigenvalue weighted by Crippen LogP contribution is -2.66. The highest BCUT2D eigenvalue weighted by Gasteiger charge is 2.53. The van der Waals surface area contributed by atoms with Crippen LogP contribution >= 0.6 is 0 Å². The number of carbonyl (C=O) groups excluding carboxylic acids is 1. The monoisotopic (exact) mass is 1370 g/mol. The summed E-state index contributed by atoms with van der Waals surface area (Å²) < 4.78 is 34.4. The van der Waals surface area contributed by atoms with Gasteiger partial charge in [-0.25, -0.2) is 0 Å². The number of nitrogens with one attached hydrogen (secondary N) is 1. The maximum atomic E-state index is 13.4. The molecule has 3 aliphatic heterocycles. The highest BCUT2D eigenvalue weighted by Crippen LogP contribution is 2.33. The zero-order valence-electron chi connectivity index (χ0n) is 59.5. The van der Waals surface area contributed by atoms with Crippen molar-refractivity contribution in [3.63, 3.8) is 0 Å². The molecule has 3 aliphatic rings. The molecule has 0 radical (unpaired) electrons. The van der Waals surface area contributed by atoms with Gasteiger partial charge in [0.15, 0.2) is 18.9 Å². The first-order valence-corrected chi connectivity index (χ1v) is 38.0. The third-order valence-electron chi connectivity index (χ3n) is 18.4. The lowest BCUT2D eigenvalue weighted by atomic mass is 9.96. The van der Waals surface area contributed by atoms with Crippen LogP contribution in [0.5, 0.6) is 0 Å². The Labute approximate surface area is 583 Å². The Balaban J connectivity index is 1.43. The summed E-state index contributed by atoms with van der Waals surface area (Å²) in [4.78, 5) is 13.4. The number of unbranched alkanes of at least 4 members (excludes halogenated alkanes) is 28. The van der Waals surface area contributed by atoms with Crippen LogP contribution in [0.15, 0.2) is 97.2 Å². The lowest BCUT2D eigenvalue weighted by Gasteiger charge is -2.48. The molecule has 0 aromatic rings. The van der Waals surface area contributed by atoms with Crippen molar-refractivity contribution < 1.29 is 89.4 Å². The fraction of sp³-hybridized carbons (Fsp3) is 0.782. The van der Waals surface area contributed by atoms with Crippen LogP contribution < -0.4 is 5.32 Å².